The molecule has 2 heterocycles. The number of rotatable bonds is 4. The highest BCUT2D eigenvalue weighted by Gasteiger charge is 2.34. The molecule has 1 aliphatic rings. The lowest BCUT2D eigenvalue weighted by Crippen LogP contribution is -2.25. The summed E-state index contributed by atoms with van der Waals surface area (Å²) >= 11 is 1.40. The largest absolute Gasteiger partial charge is 0.444 e. The summed E-state index contributed by atoms with van der Waals surface area (Å²) in [6.45, 7) is 5.46. The van der Waals surface area contributed by atoms with Crippen LogP contribution in [0.5, 0.6) is 0 Å². The molecule has 1 aliphatic heterocycles. The number of hydrogen-bond donors (Lipinski definition) is 0. The number of amides is 1. The zero-order valence-electron chi connectivity index (χ0n) is 13.9. The Labute approximate surface area is 147 Å². The van der Waals surface area contributed by atoms with Gasteiger partial charge < -0.3 is 4.74 Å². The molecule has 1 amide bonds. The smallest absolute Gasteiger partial charge is 0.270 e. The SMILES string of the molecule is CC(=O)N1N=C(c2nc(C(C)C)cs2)OC1c1ccc([N+](=O)[O-])cc1. The molecule has 1 aromatic heterocycles. The van der Waals surface area contributed by atoms with E-state index in [9.17, 15) is 14.9 Å². The highest BCUT2D eigenvalue weighted by molar-refractivity contribution is 7.11. The van der Waals surface area contributed by atoms with Gasteiger partial charge >= 0.3 is 0 Å². The van der Waals surface area contributed by atoms with Crippen molar-refractivity contribution >= 4 is 28.8 Å². The molecule has 1 unspecified atom stereocenters. The Bertz CT molecular complexity index is 844. The van der Waals surface area contributed by atoms with E-state index in [-0.39, 0.29) is 23.4 Å². The number of non-ortho nitro benzene ring substituents is 1. The van der Waals surface area contributed by atoms with E-state index in [1.54, 1.807) is 12.1 Å². The van der Waals surface area contributed by atoms with E-state index in [0.29, 0.717) is 10.6 Å². The monoisotopic (exact) mass is 360 g/mol. The maximum atomic E-state index is 11.9. The Balaban J connectivity index is 1.88. The lowest BCUT2D eigenvalue weighted by Gasteiger charge is -2.18. The van der Waals surface area contributed by atoms with Crippen LogP contribution in [-0.2, 0) is 9.53 Å². The highest BCUT2D eigenvalue weighted by atomic mass is 32.1. The van der Waals surface area contributed by atoms with Gasteiger partial charge in [-0.2, -0.15) is 5.01 Å². The van der Waals surface area contributed by atoms with E-state index >= 15 is 0 Å². The molecule has 0 saturated heterocycles. The Morgan fingerprint density at radius 1 is 1.36 bits per heavy atom. The van der Waals surface area contributed by atoms with Gasteiger partial charge in [-0.05, 0) is 18.1 Å². The molecule has 0 saturated carbocycles. The molecule has 0 radical (unpaired) electrons. The predicted molar refractivity (Wildman–Crippen MR) is 92.2 cm³/mol. The third-order valence-electron chi connectivity index (χ3n) is 3.65. The van der Waals surface area contributed by atoms with Crippen LogP contribution >= 0.6 is 11.3 Å². The molecule has 1 atom stereocenters. The van der Waals surface area contributed by atoms with Crippen molar-refractivity contribution in [3.05, 3.63) is 56.0 Å². The van der Waals surface area contributed by atoms with E-state index in [0.717, 1.165) is 5.69 Å². The van der Waals surface area contributed by atoms with Crippen LogP contribution in [0.25, 0.3) is 0 Å². The summed E-state index contributed by atoms with van der Waals surface area (Å²) in [5.74, 6) is 0.260. The molecule has 9 heteroatoms. The van der Waals surface area contributed by atoms with Crippen LogP contribution < -0.4 is 0 Å². The van der Waals surface area contributed by atoms with Crippen molar-refractivity contribution in [2.75, 3.05) is 0 Å². The first-order valence-corrected chi connectivity index (χ1v) is 8.50. The summed E-state index contributed by atoms with van der Waals surface area (Å²) in [4.78, 5) is 26.7. The number of hydrazone groups is 1. The fraction of sp³-hybridized carbons (Fsp3) is 0.312. The molecule has 3 rings (SSSR count). The molecule has 0 bridgehead atoms. The average Bonchev–Trinajstić information content (AvgIpc) is 3.22. The standard InChI is InChI=1S/C16H16N4O4S/c1-9(2)13-8-25-15(17-13)14-18-19(10(3)21)16(24-14)11-4-6-12(7-5-11)20(22)23/h4-9,16H,1-3H3. The topological polar surface area (TPSA) is 97.9 Å². The third kappa shape index (κ3) is 3.36. The Kier molecular flexibility index (Phi) is 4.49. The zero-order valence-corrected chi connectivity index (χ0v) is 14.7. The molecule has 25 heavy (non-hydrogen) atoms. The average molecular weight is 360 g/mol. The molecule has 130 valence electrons. The number of nitro benzene ring substituents is 1. The van der Waals surface area contributed by atoms with Gasteiger partial charge in [-0.25, -0.2) is 4.98 Å². The maximum absolute atomic E-state index is 11.9. The normalized spacial score (nSPS) is 16.7. The van der Waals surface area contributed by atoms with Crippen LogP contribution in [0.4, 0.5) is 5.69 Å². The Morgan fingerprint density at radius 2 is 2.04 bits per heavy atom. The van der Waals surface area contributed by atoms with Gasteiger partial charge in [0.05, 0.1) is 10.6 Å². The second-order valence-corrected chi connectivity index (χ2v) is 6.68. The van der Waals surface area contributed by atoms with Crippen LogP contribution in [0.15, 0.2) is 34.7 Å². The number of hydrogen-bond acceptors (Lipinski definition) is 7. The number of thiazole rings is 1. The Morgan fingerprint density at radius 3 is 2.56 bits per heavy atom. The molecule has 0 spiro atoms. The quantitative estimate of drug-likeness (QED) is 0.614. The number of nitro groups is 1. The summed E-state index contributed by atoms with van der Waals surface area (Å²) in [6.07, 6.45) is -0.764. The van der Waals surface area contributed by atoms with Gasteiger partial charge in [0.2, 0.25) is 12.1 Å². The van der Waals surface area contributed by atoms with Crippen molar-refractivity contribution in [3.8, 4) is 0 Å². The minimum atomic E-state index is -0.764. The van der Waals surface area contributed by atoms with Crippen LogP contribution in [0.3, 0.4) is 0 Å². The van der Waals surface area contributed by atoms with Gasteiger partial charge in [-0.15, -0.1) is 16.4 Å². The van der Waals surface area contributed by atoms with Gasteiger partial charge in [0.15, 0.2) is 5.01 Å². The number of benzene rings is 1. The van der Waals surface area contributed by atoms with Crippen molar-refractivity contribution < 1.29 is 14.5 Å². The lowest BCUT2D eigenvalue weighted by atomic mass is 10.2. The van der Waals surface area contributed by atoms with E-state index in [1.165, 1.54) is 35.4 Å². The molecule has 2 aromatic rings. The molecule has 8 nitrogen and oxygen atoms in total. The van der Waals surface area contributed by atoms with Crippen LogP contribution in [-0.4, -0.2) is 26.7 Å². The second-order valence-electron chi connectivity index (χ2n) is 5.82. The number of aromatic nitrogens is 1. The van der Waals surface area contributed by atoms with Crippen molar-refractivity contribution in [1.82, 2.24) is 9.99 Å². The van der Waals surface area contributed by atoms with Gasteiger partial charge in [0, 0.05) is 30.0 Å². The van der Waals surface area contributed by atoms with Crippen molar-refractivity contribution in [2.24, 2.45) is 5.10 Å². The molecular weight excluding hydrogens is 344 g/mol. The van der Waals surface area contributed by atoms with Crippen LogP contribution in [0, 0.1) is 10.1 Å². The third-order valence-corrected chi connectivity index (χ3v) is 4.50. The van der Waals surface area contributed by atoms with Crippen molar-refractivity contribution in [2.45, 2.75) is 32.9 Å². The summed E-state index contributed by atoms with van der Waals surface area (Å²) < 4.78 is 5.83. The fourth-order valence-corrected chi connectivity index (χ4v) is 3.18. The van der Waals surface area contributed by atoms with Crippen LogP contribution in [0.1, 0.15) is 49.2 Å². The first kappa shape index (κ1) is 17.0. The maximum Gasteiger partial charge on any atom is 0.270 e. The summed E-state index contributed by atoms with van der Waals surface area (Å²) in [5, 5.41) is 18.8. The fourth-order valence-electron chi connectivity index (χ4n) is 2.28. The molecule has 1 aromatic carbocycles. The minimum absolute atomic E-state index is 0.0289. The lowest BCUT2D eigenvalue weighted by molar-refractivity contribution is -0.384. The summed E-state index contributed by atoms with van der Waals surface area (Å²) in [6, 6.07) is 5.85. The molecule has 0 fully saturated rings. The van der Waals surface area contributed by atoms with Gasteiger partial charge in [-0.3, -0.25) is 14.9 Å². The first-order chi connectivity index (χ1) is 11.9. The number of nitrogens with zero attached hydrogens (tertiary/aromatic N) is 4. The molecular formula is C16H16N4O4S. The van der Waals surface area contributed by atoms with E-state index < -0.39 is 11.2 Å². The van der Waals surface area contributed by atoms with Gasteiger partial charge in [0.1, 0.15) is 0 Å². The second kappa shape index (κ2) is 6.60. The minimum Gasteiger partial charge on any atom is -0.444 e. The highest BCUT2D eigenvalue weighted by Crippen LogP contribution is 2.32. The van der Waals surface area contributed by atoms with Crippen LogP contribution in [0.2, 0.25) is 0 Å². The van der Waals surface area contributed by atoms with E-state index in [4.69, 9.17) is 4.74 Å². The van der Waals surface area contributed by atoms with Gasteiger partial charge in [0.25, 0.3) is 11.6 Å². The van der Waals surface area contributed by atoms with E-state index in [2.05, 4.69) is 10.1 Å². The van der Waals surface area contributed by atoms with Crippen molar-refractivity contribution in [1.29, 1.82) is 0 Å². The number of carbonyl (C=O) groups is 1. The van der Waals surface area contributed by atoms with Gasteiger partial charge in [-0.1, -0.05) is 13.8 Å². The predicted octanol–water partition coefficient (Wildman–Crippen LogP) is 3.41. The zero-order chi connectivity index (χ0) is 18.1. The first-order valence-electron chi connectivity index (χ1n) is 7.62. The number of carbonyl (C=O) groups excluding carboxylic acids is 1. The Hall–Kier alpha value is -2.81. The van der Waals surface area contributed by atoms with E-state index in [1.807, 2.05) is 19.2 Å². The summed E-state index contributed by atoms with van der Waals surface area (Å²) in [7, 11) is 0. The molecule has 0 aliphatic carbocycles. The number of ether oxygens (including phenoxy) is 1. The summed E-state index contributed by atoms with van der Waals surface area (Å²) in [5.41, 5.74) is 1.50. The molecule has 0 N–H and O–H groups in total. The van der Waals surface area contributed by atoms with Crippen molar-refractivity contribution in [3.63, 3.8) is 0 Å².